The van der Waals surface area contributed by atoms with Crippen molar-refractivity contribution in [3.05, 3.63) is 64.6 Å². The molecule has 4 amide bonds. The maximum Gasteiger partial charge on any atom is 0.294 e. The average molecular weight is 425 g/mol. The Balaban J connectivity index is 1.63. The van der Waals surface area contributed by atoms with Crippen LogP contribution in [0, 0.1) is 6.92 Å². The van der Waals surface area contributed by atoms with Crippen LogP contribution in [0.4, 0.5) is 10.5 Å². The Hall–Kier alpha value is -3.59. The number of aryl methyl sites for hydroxylation is 1. The van der Waals surface area contributed by atoms with E-state index in [4.69, 9.17) is 10.5 Å². The Morgan fingerprint density at radius 3 is 2.57 bits per heavy atom. The molecule has 0 unspecified atom stereocenters. The van der Waals surface area contributed by atoms with Gasteiger partial charge in [0.1, 0.15) is 12.3 Å². The van der Waals surface area contributed by atoms with Gasteiger partial charge in [-0.25, -0.2) is 0 Å². The summed E-state index contributed by atoms with van der Waals surface area (Å²) in [6.45, 7) is 1.30. The summed E-state index contributed by atoms with van der Waals surface area (Å²) in [5, 5.41) is 2.17. The summed E-state index contributed by atoms with van der Waals surface area (Å²) >= 11 is 0.772. The average Bonchev–Trinajstić information content (AvgIpc) is 2.95. The molecular weight excluding hydrogens is 406 g/mol. The molecule has 0 aromatic heterocycles. The Morgan fingerprint density at radius 1 is 1.17 bits per heavy atom. The van der Waals surface area contributed by atoms with Gasteiger partial charge in [-0.15, -0.1) is 0 Å². The number of ether oxygens (including phenoxy) is 1. The van der Waals surface area contributed by atoms with E-state index in [1.807, 2.05) is 13.0 Å². The van der Waals surface area contributed by atoms with Crippen molar-refractivity contribution in [3.8, 4) is 5.75 Å². The zero-order valence-corrected chi connectivity index (χ0v) is 16.9. The van der Waals surface area contributed by atoms with Gasteiger partial charge >= 0.3 is 0 Å². The summed E-state index contributed by atoms with van der Waals surface area (Å²) in [6, 6.07) is 13.8. The molecule has 30 heavy (non-hydrogen) atoms. The second-order valence-electron chi connectivity index (χ2n) is 6.51. The van der Waals surface area contributed by atoms with Crippen LogP contribution >= 0.6 is 11.8 Å². The number of nitrogens with one attached hydrogen (secondary N) is 1. The molecule has 9 heteroatoms. The smallest absolute Gasteiger partial charge is 0.294 e. The highest BCUT2D eigenvalue weighted by Crippen LogP contribution is 2.32. The molecule has 0 spiro atoms. The fraction of sp³-hybridized carbons (Fsp3) is 0.143. The number of rotatable bonds is 7. The molecule has 1 heterocycles. The molecule has 1 fully saturated rings. The van der Waals surface area contributed by atoms with E-state index in [-0.39, 0.29) is 18.1 Å². The minimum atomic E-state index is -0.584. The third-order valence-electron chi connectivity index (χ3n) is 4.04. The van der Waals surface area contributed by atoms with Crippen molar-refractivity contribution in [1.82, 2.24) is 4.90 Å². The first-order valence-corrected chi connectivity index (χ1v) is 9.76. The number of carbonyl (C=O) groups is 4. The molecule has 2 aromatic carbocycles. The summed E-state index contributed by atoms with van der Waals surface area (Å²) in [4.78, 5) is 48.9. The largest absolute Gasteiger partial charge is 0.484 e. The summed E-state index contributed by atoms with van der Waals surface area (Å²) in [5.74, 6) is -1.12. The Kier molecular flexibility index (Phi) is 6.53. The van der Waals surface area contributed by atoms with Crippen molar-refractivity contribution < 1.29 is 23.9 Å². The van der Waals surface area contributed by atoms with Crippen molar-refractivity contribution in [2.45, 2.75) is 6.92 Å². The van der Waals surface area contributed by atoms with Gasteiger partial charge in [0.05, 0.1) is 4.91 Å². The van der Waals surface area contributed by atoms with E-state index in [2.05, 4.69) is 5.32 Å². The molecule has 0 saturated carbocycles. The third kappa shape index (κ3) is 5.48. The van der Waals surface area contributed by atoms with Gasteiger partial charge in [0.2, 0.25) is 5.91 Å². The first-order chi connectivity index (χ1) is 14.3. The number of imide groups is 1. The highest BCUT2D eigenvalue weighted by molar-refractivity contribution is 8.18. The van der Waals surface area contributed by atoms with Crippen molar-refractivity contribution in [2.24, 2.45) is 5.73 Å². The molecule has 1 aliphatic rings. The lowest BCUT2D eigenvalue weighted by Gasteiger charge is -2.12. The van der Waals surface area contributed by atoms with Gasteiger partial charge in [-0.3, -0.25) is 24.1 Å². The lowest BCUT2D eigenvalue weighted by atomic mass is 10.2. The standard InChI is InChI=1S/C21H19N3O5S/c1-13-3-2-4-15(9-13)23-19(26)11-24-20(27)17(30-21(24)28)10-14-5-7-16(8-6-14)29-12-18(22)25/h2-10H,11-12H2,1H3,(H2,22,25)(H,23,26)/b17-10-. The van der Waals surface area contributed by atoms with E-state index in [0.29, 0.717) is 17.0 Å². The predicted octanol–water partition coefficient (Wildman–Crippen LogP) is 2.53. The van der Waals surface area contributed by atoms with Gasteiger partial charge in [0.25, 0.3) is 17.1 Å². The monoisotopic (exact) mass is 425 g/mol. The van der Waals surface area contributed by atoms with Crippen LogP contribution in [-0.2, 0) is 14.4 Å². The quantitative estimate of drug-likeness (QED) is 0.658. The van der Waals surface area contributed by atoms with Crippen LogP contribution in [0.25, 0.3) is 6.08 Å². The molecule has 0 radical (unpaired) electrons. The minimum Gasteiger partial charge on any atom is -0.484 e. The molecule has 1 aliphatic heterocycles. The van der Waals surface area contributed by atoms with Crippen LogP contribution in [0.3, 0.4) is 0 Å². The fourth-order valence-electron chi connectivity index (χ4n) is 2.67. The van der Waals surface area contributed by atoms with Crippen LogP contribution in [0.1, 0.15) is 11.1 Å². The topological polar surface area (TPSA) is 119 Å². The lowest BCUT2D eigenvalue weighted by Crippen LogP contribution is -2.36. The second-order valence-corrected chi connectivity index (χ2v) is 7.50. The molecule has 2 aromatic rings. The molecule has 154 valence electrons. The van der Waals surface area contributed by atoms with Crippen molar-refractivity contribution in [2.75, 3.05) is 18.5 Å². The number of primary amides is 1. The summed E-state index contributed by atoms with van der Waals surface area (Å²) in [5.41, 5.74) is 7.27. The lowest BCUT2D eigenvalue weighted by molar-refractivity contribution is -0.127. The number of thioether (sulfide) groups is 1. The van der Waals surface area contributed by atoms with E-state index in [9.17, 15) is 19.2 Å². The van der Waals surface area contributed by atoms with E-state index in [1.54, 1.807) is 48.5 Å². The Labute approximate surface area is 177 Å². The van der Waals surface area contributed by atoms with E-state index < -0.39 is 23.0 Å². The number of nitrogens with zero attached hydrogens (tertiary/aromatic N) is 1. The molecule has 8 nitrogen and oxygen atoms in total. The Bertz CT molecular complexity index is 1030. The van der Waals surface area contributed by atoms with E-state index in [1.165, 1.54) is 0 Å². The molecule has 3 N–H and O–H groups in total. The molecule has 3 rings (SSSR count). The van der Waals surface area contributed by atoms with Gasteiger partial charge in [0.15, 0.2) is 6.61 Å². The minimum absolute atomic E-state index is 0.217. The normalized spacial score (nSPS) is 14.8. The van der Waals surface area contributed by atoms with E-state index >= 15 is 0 Å². The van der Waals surface area contributed by atoms with Crippen LogP contribution in [0.5, 0.6) is 5.75 Å². The zero-order valence-electron chi connectivity index (χ0n) is 16.1. The molecule has 1 saturated heterocycles. The van der Waals surface area contributed by atoms with Gasteiger partial charge in [-0.1, -0.05) is 24.3 Å². The molecule has 0 aliphatic carbocycles. The number of amides is 4. The predicted molar refractivity (Wildman–Crippen MR) is 114 cm³/mol. The first-order valence-electron chi connectivity index (χ1n) is 8.95. The Morgan fingerprint density at radius 2 is 1.90 bits per heavy atom. The van der Waals surface area contributed by atoms with Crippen molar-refractivity contribution in [3.63, 3.8) is 0 Å². The number of nitrogens with two attached hydrogens (primary N) is 1. The van der Waals surface area contributed by atoms with Crippen LogP contribution in [-0.4, -0.2) is 41.0 Å². The molecule has 0 atom stereocenters. The first kappa shape index (κ1) is 21.1. The highest BCUT2D eigenvalue weighted by Gasteiger charge is 2.36. The van der Waals surface area contributed by atoms with Crippen LogP contribution < -0.4 is 15.8 Å². The van der Waals surface area contributed by atoms with Gasteiger partial charge in [-0.2, -0.15) is 0 Å². The van der Waals surface area contributed by atoms with Crippen LogP contribution in [0.15, 0.2) is 53.4 Å². The molecule has 0 bridgehead atoms. The maximum atomic E-state index is 12.6. The van der Waals surface area contributed by atoms with Crippen molar-refractivity contribution in [1.29, 1.82) is 0 Å². The third-order valence-corrected chi connectivity index (χ3v) is 4.94. The second kappa shape index (κ2) is 9.27. The molecular formula is C21H19N3O5S. The summed E-state index contributed by atoms with van der Waals surface area (Å²) < 4.78 is 5.17. The zero-order chi connectivity index (χ0) is 21.7. The number of anilines is 1. The van der Waals surface area contributed by atoms with Gasteiger partial charge in [0, 0.05) is 5.69 Å². The SMILES string of the molecule is Cc1cccc(NC(=O)CN2C(=O)S/C(=C\c3ccc(OCC(N)=O)cc3)C2=O)c1. The van der Waals surface area contributed by atoms with Gasteiger partial charge < -0.3 is 15.8 Å². The summed E-state index contributed by atoms with van der Waals surface area (Å²) in [6.07, 6.45) is 1.56. The highest BCUT2D eigenvalue weighted by atomic mass is 32.2. The number of benzene rings is 2. The van der Waals surface area contributed by atoms with Crippen LogP contribution in [0.2, 0.25) is 0 Å². The van der Waals surface area contributed by atoms with Crippen molar-refractivity contribution >= 4 is 46.5 Å². The van der Waals surface area contributed by atoms with E-state index in [0.717, 1.165) is 22.2 Å². The number of hydrogen-bond donors (Lipinski definition) is 2. The van der Waals surface area contributed by atoms with Gasteiger partial charge in [-0.05, 0) is 60.2 Å². The number of hydrogen-bond acceptors (Lipinski definition) is 6. The number of carbonyl (C=O) groups excluding carboxylic acids is 4. The summed E-state index contributed by atoms with van der Waals surface area (Å²) in [7, 11) is 0. The maximum absolute atomic E-state index is 12.6. The fourth-order valence-corrected chi connectivity index (χ4v) is 3.51.